The topological polar surface area (TPSA) is 75.3 Å². The van der Waals surface area contributed by atoms with Crippen LogP contribution < -0.4 is 10.0 Å². The Balaban J connectivity index is 1.98. The normalized spacial score (nSPS) is 17.4. The van der Waals surface area contributed by atoms with Crippen molar-refractivity contribution in [1.29, 1.82) is 0 Å². The molecule has 22 heavy (non-hydrogen) atoms. The van der Waals surface area contributed by atoms with Gasteiger partial charge in [-0.2, -0.15) is 4.72 Å². The van der Waals surface area contributed by atoms with E-state index >= 15 is 0 Å². The molecule has 122 valence electrons. The summed E-state index contributed by atoms with van der Waals surface area (Å²) in [6.45, 7) is 3.58. The van der Waals surface area contributed by atoms with Crippen molar-refractivity contribution in [3.05, 3.63) is 29.8 Å². The summed E-state index contributed by atoms with van der Waals surface area (Å²) in [5.74, 6) is -0.263. The summed E-state index contributed by atoms with van der Waals surface area (Å²) in [6.07, 6.45) is 5.05. The van der Waals surface area contributed by atoms with Crippen LogP contribution in [0.25, 0.3) is 0 Å². The maximum atomic E-state index is 12.3. The van der Waals surface area contributed by atoms with Crippen molar-refractivity contribution in [2.45, 2.75) is 62.9 Å². The molecule has 0 unspecified atom stereocenters. The van der Waals surface area contributed by atoms with Crippen molar-refractivity contribution in [2.24, 2.45) is 0 Å². The van der Waals surface area contributed by atoms with Gasteiger partial charge >= 0.3 is 0 Å². The lowest BCUT2D eigenvalue weighted by Gasteiger charge is -2.18. The quantitative estimate of drug-likeness (QED) is 0.840. The molecule has 1 fully saturated rings. The Morgan fingerprint density at radius 1 is 1.23 bits per heavy atom. The van der Waals surface area contributed by atoms with Gasteiger partial charge in [0.2, 0.25) is 15.9 Å². The molecule has 1 aromatic carbocycles. The van der Waals surface area contributed by atoms with Crippen LogP contribution in [0.3, 0.4) is 0 Å². The van der Waals surface area contributed by atoms with Gasteiger partial charge in [0, 0.05) is 6.04 Å². The largest absolute Gasteiger partial charge is 0.352 e. The summed E-state index contributed by atoms with van der Waals surface area (Å²) < 4.78 is 27.0. The molecule has 0 saturated heterocycles. The van der Waals surface area contributed by atoms with Crippen LogP contribution in [0.2, 0.25) is 0 Å². The van der Waals surface area contributed by atoms with E-state index in [9.17, 15) is 13.2 Å². The van der Waals surface area contributed by atoms with Crippen LogP contribution in [0, 0.1) is 0 Å². The molecular weight excluding hydrogens is 300 g/mol. The molecule has 1 amide bonds. The maximum Gasteiger partial charge on any atom is 0.241 e. The fourth-order valence-corrected chi connectivity index (χ4v) is 3.86. The van der Waals surface area contributed by atoms with E-state index in [1.165, 1.54) is 0 Å². The Bertz CT molecular complexity index is 605. The van der Waals surface area contributed by atoms with Gasteiger partial charge in [0.15, 0.2) is 0 Å². The molecule has 6 heteroatoms. The lowest BCUT2D eigenvalue weighted by Crippen LogP contribution is -2.47. The predicted octanol–water partition coefficient (Wildman–Crippen LogP) is 1.97. The average molecular weight is 324 g/mol. The van der Waals surface area contributed by atoms with E-state index in [2.05, 4.69) is 10.0 Å². The van der Waals surface area contributed by atoms with E-state index in [-0.39, 0.29) is 16.8 Å². The third-order valence-corrected chi connectivity index (χ3v) is 5.63. The molecule has 1 aliphatic carbocycles. The number of carbonyl (C=O) groups is 1. The van der Waals surface area contributed by atoms with Gasteiger partial charge in [-0.1, -0.05) is 31.9 Å². The minimum Gasteiger partial charge on any atom is -0.352 e. The third-order valence-electron chi connectivity index (χ3n) is 4.07. The summed E-state index contributed by atoms with van der Waals surface area (Å²) in [6, 6.07) is 6.13. The second-order valence-corrected chi connectivity index (χ2v) is 7.54. The number of hydrogen-bond donors (Lipinski definition) is 2. The van der Waals surface area contributed by atoms with Gasteiger partial charge in [-0.05, 0) is 43.9 Å². The Hall–Kier alpha value is -1.40. The molecule has 0 spiro atoms. The highest BCUT2D eigenvalue weighted by atomic mass is 32.2. The van der Waals surface area contributed by atoms with Crippen LogP contribution in [0.15, 0.2) is 29.2 Å². The number of hydrogen-bond acceptors (Lipinski definition) is 3. The zero-order valence-corrected chi connectivity index (χ0v) is 13.9. The summed E-state index contributed by atoms with van der Waals surface area (Å²) in [4.78, 5) is 12.3. The van der Waals surface area contributed by atoms with Crippen LogP contribution >= 0.6 is 0 Å². The highest BCUT2D eigenvalue weighted by Crippen LogP contribution is 2.18. The molecule has 0 aromatic heterocycles. The van der Waals surface area contributed by atoms with Crippen molar-refractivity contribution in [3.63, 3.8) is 0 Å². The number of benzene rings is 1. The van der Waals surface area contributed by atoms with Gasteiger partial charge in [0.05, 0.1) is 10.9 Å². The second-order valence-electron chi connectivity index (χ2n) is 5.83. The Morgan fingerprint density at radius 2 is 1.82 bits per heavy atom. The first-order valence-electron chi connectivity index (χ1n) is 7.84. The van der Waals surface area contributed by atoms with Crippen LogP contribution in [0.5, 0.6) is 0 Å². The molecule has 0 radical (unpaired) electrons. The first-order valence-corrected chi connectivity index (χ1v) is 9.32. The van der Waals surface area contributed by atoms with E-state index in [1.54, 1.807) is 31.2 Å². The molecule has 5 nitrogen and oxygen atoms in total. The molecule has 2 rings (SSSR count). The standard InChI is InChI=1S/C16H24N2O3S/c1-3-13-8-10-15(11-9-13)22(20,21)18-12(2)16(19)17-14-6-4-5-7-14/h8-12,14,18H,3-7H2,1-2H3,(H,17,19)/t12-/m0/s1. The highest BCUT2D eigenvalue weighted by Gasteiger charge is 2.24. The Kier molecular flexibility index (Phi) is 5.58. The van der Waals surface area contributed by atoms with E-state index in [4.69, 9.17) is 0 Å². The Labute approximate surface area is 132 Å². The SMILES string of the molecule is CCc1ccc(S(=O)(=O)N[C@@H](C)C(=O)NC2CCCC2)cc1. The molecule has 0 bridgehead atoms. The second kappa shape index (κ2) is 7.24. The molecule has 2 N–H and O–H groups in total. The molecule has 1 saturated carbocycles. The van der Waals surface area contributed by atoms with E-state index < -0.39 is 16.1 Å². The minimum absolute atomic E-state index is 0.184. The van der Waals surface area contributed by atoms with Crippen LogP contribution in [-0.4, -0.2) is 26.4 Å². The number of aryl methyl sites for hydroxylation is 1. The van der Waals surface area contributed by atoms with Crippen molar-refractivity contribution in [1.82, 2.24) is 10.0 Å². The smallest absolute Gasteiger partial charge is 0.241 e. The zero-order valence-electron chi connectivity index (χ0n) is 13.1. The maximum absolute atomic E-state index is 12.3. The lowest BCUT2D eigenvalue weighted by molar-refractivity contribution is -0.123. The average Bonchev–Trinajstić information content (AvgIpc) is 2.99. The fourth-order valence-electron chi connectivity index (χ4n) is 2.65. The van der Waals surface area contributed by atoms with Gasteiger partial charge in [-0.25, -0.2) is 8.42 Å². The van der Waals surface area contributed by atoms with Crippen molar-refractivity contribution in [3.8, 4) is 0 Å². The van der Waals surface area contributed by atoms with Gasteiger partial charge < -0.3 is 5.32 Å². The van der Waals surface area contributed by atoms with Gasteiger partial charge in [-0.15, -0.1) is 0 Å². The lowest BCUT2D eigenvalue weighted by atomic mass is 10.2. The van der Waals surface area contributed by atoms with E-state index in [1.807, 2.05) is 6.92 Å². The predicted molar refractivity (Wildman–Crippen MR) is 86.0 cm³/mol. The molecule has 0 heterocycles. The summed E-state index contributed by atoms with van der Waals surface area (Å²) in [5.41, 5.74) is 1.07. The van der Waals surface area contributed by atoms with Crippen molar-refractivity contribution in [2.75, 3.05) is 0 Å². The van der Waals surface area contributed by atoms with Crippen molar-refractivity contribution < 1.29 is 13.2 Å². The molecular formula is C16H24N2O3S. The third kappa shape index (κ3) is 4.30. The zero-order chi connectivity index (χ0) is 16.2. The van der Waals surface area contributed by atoms with Crippen LogP contribution in [0.1, 0.15) is 45.1 Å². The van der Waals surface area contributed by atoms with Gasteiger partial charge in [0.25, 0.3) is 0 Å². The van der Waals surface area contributed by atoms with Crippen molar-refractivity contribution >= 4 is 15.9 Å². The Morgan fingerprint density at radius 3 is 2.36 bits per heavy atom. The molecule has 0 aliphatic heterocycles. The van der Waals surface area contributed by atoms with Gasteiger partial charge in [-0.3, -0.25) is 4.79 Å². The molecule has 1 aliphatic rings. The molecule has 1 aromatic rings. The minimum atomic E-state index is -3.67. The number of sulfonamides is 1. The number of amides is 1. The van der Waals surface area contributed by atoms with Crippen LogP contribution in [-0.2, 0) is 21.2 Å². The fraction of sp³-hybridized carbons (Fsp3) is 0.562. The highest BCUT2D eigenvalue weighted by molar-refractivity contribution is 7.89. The summed E-state index contributed by atoms with van der Waals surface area (Å²) >= 11 is 0. The molecule has 1 atom stereocenters. The summed E-state index contributed by atoms with van der Waals surface area (Å²) in [5, 5.41) is 2.91. The van der Waals surface area contributed by atoms with Gasteiger partial charge in [0.1, 0.15) is 0 Å². The number of carbonyl (C=O) groups excluding carboxylic acids is 1. The first kappa shape index (κ1) is 17.0. The summed E-state index contributed by atoms with van der Waals surface area (Å²) in [7, 11) is -3.67. The number of rotatable bonds is 6. The van der Waals surface area contributed by atoms with Crippen LogP contribution in [0.4, 0.5) is 0 Å². The number of nitrogens with one attached hydrogen (secondary N) is 2. The monoisotopic (exact) mass is 324 g/mol. The first-order chi connectivity index (χ1) is 10.4. The van der Waals surface area contributed by atoms with E-state index in [0.717, 1.165) is 37.7 Å². The van der Waals surface area contributed by atoms with E-state index in [0.29, 0.717) is 0 Å².